The molecule has 0 fully saturated rings. The van der Waals surface area contributed by atoms with Crippen molar-refractivity contribution in [3.8, 4) is 0 Å². The molecule has 2 atom stereocenters. The fourth-order valence-corrected chi connectivity index (χ4v) is 5.00. The molecule has 212 valence electrons. The second kappa shape index (κ2) is 13.7. The van der Waals surface area contributed by atoms with Gasteiger partial charge in [-0.3, -0.25) is 14.4 Å². The van der Waals surface area contributed by atoms with E-state index in [1.807, 2.05) is 54.6 Å². The zero-order chi connectivity index (χ0) is 28.5. The molecule has 3 amide bonds. The molecule has 10 nitrogen and oxygen atoms in total. The summed E-state index contributed by atoms with van der Waals surface area (Å²) < 4.78 is 5.66. The lowest BCUT2D eigenvalue weighted by atomic mass is 9.96. The molecule has 6 N–H and O–H groups in total. The first-order valence-electron chi connectivity index (χ1n) is 13.7. The van der Waals surface area contributed by atoms with Gasteiger partial charge >= 0.3 is 5.97 Å². The normalized spacial score (nSPS) is 15.3. The summed E-state index contributed by atoms with van der Waals surface area (Å²) in [6, 6.07) is 15.9. The van der Waals surface area contributed by atoms with Crippen molar-refractivity contribution in [2.75, 3.05) is 6.54 Å². The van der Waals surface area contributed by atoms with Crippen LogP contribution in [0.2, 0.25) is 0 Å². The lowest BCUT2D eigenvalue weighted by Gasteiger charge is -2.34. The number of amides is 3. The molecule has 2 heterocycles. The number of fused-ring (bicyclic) bond motifs is 3. The number of unbranched alkanes of at least 4 members (excludes halogenated alkanes) is 2. The van der Waals surface area contributed by atoms with E-state index in [0.29, 0.717) is 32.4 Å². The summed E-state index contributed by atoms with van der Waals surface area (Å²) >= 11 is 0. The molecule has 0 saturated heterocycles. The number of nitrogens with one attached hydrogen (secondary N) is 2. The van der Waals surface area contributed by atoms with Gasteiger partial charge in [0.05, 0.1) is 12.6 Å². The van der Waals surface area contributed by atoms with E-state index in [-0.39, 0.29) is 37.7 Å². The summed E-state index contributed by atoms with van der Waals surface area (Å²) in [5.74, 6) is -1.34. The van der Waals surface area contributed by atoms with E-state index in [2.05, 4.69) is 10.3 Å². The van der Waals surface area contributed by atoms with Gasteiger partial charge in [0.2, 0.25) is 17.7 Å². The van der Waals surface area contributed by atoms with E-state index in [0.717, 1.165) is 34.1 Å². The highest BCUT2D eigenvalue weighted by molar-refractivity contribution is 5.90. The Morgan fingerprint density at radius 1 is 1.00 bits per heavy atom. The van der Waals surface area contributed by atoms with Gasteiger partial charge < -0.3 is 31.4 Å². The molecule has 10 heteroatoms. The van der Waals surface area contributed by atoms with Crippen LogP contribution in [0.4, 0.5) is 0 Å². The Labute approximate surface area is 233 Å². The number of ether oxygens (including phenoxy) is 1. The number of carbonyl (C=O) groups is 4. The summed E-state index contributed by atoms with van der Waals surface area (Å²) in [5, 5.41) is 3.81. The molecule has 2 aromatic carbocycles. The Kier molecular flexibility index (Phi) is 9.91. The van der Waals surface area contributed by atoms with Crippen molar-refractivity contribution in [1.82, 2.24) is 15.2 Å². The number of aromatic amines is 1. The number of nitrogens with two attached hydrogens (primary N) is 2. The minimum atomic E-state index is -0.777. The molecular weight excluding hydrogens is 510 g/mol. The number of carbonyl (C=O) groups excluding carboxylic acids is 4. The highest BCUT2D eigenvalue weighted by Crippen LogP contribution is 2.31. The van der Waals surface area contributed by atoms with Crippen LogP contribution in [0.15, 0.2) is 54.6 Å². The van der Waals surface area contributed by atoms with E-state index in [9.17, 15) is 19.2 Å². The second-order valence-corrected chi connectivity index (χ2v) is 10.2. The third-order valence-corrected chi connectivity index (χ3v) is 7.23. The first-order valence-corrected chi connectivity index (χ1v) is 13.7. The van der Waals surface area contributed by atoms with Crippen molar-refractivity contribution in [1.29, 1.82) is 0 Å². The number of para-hydroxylation sites is 1. The third-order valence-electron chi connectivity index (χ3n) is 7.23. The molecule has 0 radical (unpaired) electrons. The number of rotatable bonds is 13. The second-order valence-electron chi connectivity index (χ2n) is 10.2. The number of H-pyrrole nitrogens is 1. The fourth-order valence-electron chi connectivity index (χ4n) is 5.00. The van der Waals surface area contributed by atoms with Gasteiger partial charge in [-0.25, -0.2) is 4.79 Å². The molecule has 0 bridgehead atoms. The van der Waals surface area contributed by atoms with Crippen LogP contribution in [0.1, 0.15) is 55.3 Å². The number of benzene rings is 2. The predicted molar refractivity (Wildman–Crippen MR) is 150 cm³/mol. The van der Waals surface area contributed by atoms with Crippen LogP contribution in [0.5, 0.6) is 0 Å². The van der Waals surface area contributed by atoms with Crippen LogP contribution in [0.25, 0.3) is 10.9 Å². The average molecular weight is 548 g/mol. The standard InChI is InChI=1S/C30H37N5O5/c31-23(14-15-27(32)36)29(38)33-16-8-2-5-13-28(37)35-18-25-22(21-11-6-7-12-24(21)34-25)17-26(35)30(39)40-19-20-9-3-1-4-10-20/h1,3-4,6-7,9-12,23,26,34H,2,5,8,13-19,31H2,(H2,32,36)(H,33,38)/t23-,26-/m0/s1. The summed E-state index contributed by atoms with van der Waals surface area (Å²) in [4.78, 5) is 54.5. The number of nitrogens with zero attached hydrogens (tertiary/aromatic N) is 1. The van der Waals surface area contributed by atoms with Crippen molar-refractivity contribution in [3.05, 3.63) is 71.4 Å². The largest absolute Gasteiger partial charge is 0.459 e. The topological polar surface area (TPSA) is 161 Å². The summed E-state index contributed by atoms with van der Waals surface area (Å²) in [5.41, 5.74) is 14.7. The zero-order valence-corrected chi connectivity index (χ0v) is 22.6. The number of primary amides is 1. The molecule has 4 rings (SSSR count). The number of aromatic nitrogens is 1. The van der Waals surface area contributed by atoms with Crippen LogP contribution < -0.4 is 16.8 Å². The first-order chi connectivity index (χ1) is 19.3. The molecule has 1 aliphatic rings. The van der Waals surface area contributed by atoms with Crippen LogP contribution >= 0.6 is 0 Å². The molecule has 3 aromatic rings. The average Bonchev–Trinajstić information content (AvgIpc) is 3.33. The van der Waals surface area contributed by atoms with Gasteiger partial charge in [0, 0.05) is 42.4 Å². The number of hydrogen-bond acceptors (Lipinski definition) is 6. The van der Waals surface area contributed by atoms with Crippen molar-refractivity contribution in [2.24, 2.45) is 11.5 Å². The van der Waals surface area contributed by atoms with E-state index in [1.54, 1.807) is 4.90 Å². The lowest BCUT2D eigenvalue weighted by Crippen LogP contribution is -2.49. The molecule has 0 aliphatic carbocycles. The van der Waals surface area contributed by atoms with Crippen LogP contribution in [-0.4, -0.2) is 52.2 Å². The zero-order valence-electron chi connectivity index (χ0n) is 22.6. The summed E-state index contributed by atoms with van der Waals surface area (Å²) in [6.45, 7) is 0.887. The molecular formula is C30H37N5O5. The SMILES string of the molecule is NC(=O)CC[C@H](N)C(=O)NCCCCCC(=O)N1Cc2[nH]c3ccccc3c2C[C@H]1C(=O)OCc1ccccc1. The molecule has 40 heavy (non-hydrogen) atoms. The van der Waals surface area contributed by atoms with Crippen LogP contribution in [-0.2, 0) is 43.5 Å². The van der Waals surface area contributed by atoms with E-state index < -0.39 is 24.0 Å². The number of hydrogen-bond donors (Lipinski definition) is 4. The quantitative estimate of drug-likeness (QED) is 0.190. The van der Waals surface area contributed by atoms with Gasteiger partial charge in [-0.05, 0) is 36.5 Å². The maximum absolute atomic E-state index is 13.3. The van der Waals surface area contributed by atoms with Gasteiger partial charge in [0.15, 0.2) is 0 Å². The van der Waals surface area contributed by atoms with Gasteiger partial charge in [-0.15, -0.1) is 0 Å². The van der Waals surface area contributed by atoms with Gasteiger partial charge in [0.25, 0.3) is 0 Å². The minimum absolute atomic E-state index is 0.0635. The Hall–Kier alpha value is -4.18. The Morgan fingerprint density at radius 2 is 1.75 bits per heavy atom. The maximum Gasteiger partial charge on any atom is 0.329 e. The Bertz CT molecular complexity index is 1340. The summed E-state index contributed by atoms with van der Waals surface area (Å²) in [6.07, 6.45) is 2.95. The van der Waals surface area contributed by atoms with Crippen LogP contribution in [0, 0.1) is 0 Å². The van der Waals surface area contributed by atoms with Gasteiger partial charge in [0.1, 0.15) is 12.6 Å². The monoisotopic (exact) mass is 547 g/mol. The van der Waals surface area contributed by atoms with E-state index in [1.165, 1.54) is 0 Å². The Balaban J connectivity index is 1.32. The smallest absolute Gasteiger partial charge is 0.329 e. The van der Waals surface area contributed by atoms with Gasteiger partial charge in [-0.1, -0.05) is 55.0 Å². The molecule has 0 saturated carbocycles. The van der Waals surface area contributed by atoms with Crippen molar-refractivity contribution >= 4 is 34.6 Å². The van der Waals surface area contributed by atoms with Crippen molar-refractivity contribution < 1.29 is 23.9 Å². The highest BCUT2D eigenvalue weighted by Gasteiger charge is 2.37. The van der Waals surface area contributed by atoms with Crippen molar-refractivity contribution in [3.63, 3.8) is 0 Å². The first kappa shape index (κ1) is 28.8. The lowest BCUT2D eigenvalue weighted by molar-refractivity contribution is -0.157. The summed E-state index contributed by atoms with van der Waals surface area (Å²) in [7, 11) is 0. The van der Waals surface area contributed by atoms with E-state index in [4.69, 9.17) is 16.2 Å². The Morgan fingerprint density at radius 3 is 2.52 bits per heavy atom. The highest BCUT2D eigenvalue weighted by atomic mass is 16.5. The molecule has 1 aliphatic heterocycles. The van der Waals surface area contributed by atoms with E-state index >= 15 is 0 Å². The fraction of sp³-hybridized carbons (Fsp3) is 0.400. The third kappa shape index (κ3) is 7.47. The molecule has 0 unspecified atom stereocenters. The van der Waals surface area contributed by atoms with Crippen molar-refractivity contribution in [2.45, 2.75) is 70.2 Å². The predicted octanol–water partition coefficient (Wildman–Crippen LogP) is 2.43. The molecule has 1 aromatic heterocycles. The molecule has 0 spiro atoms. The maximum atomic E-state index is 13.3. The minimum Gasteiger partial charge on any atom is -0.459 e. The van der Waals surface area contributed by atoms with Gasteiger partial charge in [-0.2, -0.15) is 0 Å². The number of esters is 1. The van der Waals surface area contributed by atoms with Crippen LogP contribution in [0.3, 0.4) is 0 Å².